The highest BCUT2D eigenvalue weighted by Crippen LogP contribution is 2.32. The average molecular weight is 311 g/mol. The van der Waals surface area contributed by atoms with Gasteiger partial charge >= 0.3 is 0 Å². The van der Waals surface area contributed by atoms with Crippen molar-refractivity contribution in [3.05, 3.63) is 48.0 Å². The molecule has 0 bridgehead atoms. The van der Waals surface area contributed by atoms with Crippen molar-refractivity contribution in [1.82, 2.24) is 5.16 Å². The molecule has 3 aromatic rings. The first-order chi connectivity index (χ1) is 11.1. The van der Waals surface area contributed by atoms with Crippen LogP contribution in [0, 0.1) is 0 Å². The standard InChI is InChI=1S/C17H17N3O3/c1-20(2)13-8-5-9-14-15(13)16(19-23-14)18-17(21)11-6-4-7-12(10-11)22-3/h4-10H,1-3H3,(H,18,19,21). The number of hydrogen-bond acceptors (Lipinski definition) is 5. The lowest BCUT2D eigenvalue weighted by Gasteiger charge is -2.13. The van der Waals surface area contributed by atoms with Gasteiger partial charge in [-0.25, -0.2) is 0 Å². The van der Waals surface area contributed by atoms with Crippen LogP contribution in [0.4, 0.5) is 11.5 Å². The lowest BCUT2D eigenvalue weighted by molar-refractivity contribution is 0.102. The summed E-state index contributed by atoms with van der Waals surface area (Å²) < 4.78 is 10.4. The topological polar surface area (TPSA) is 67.6 Å². The number of methoxy groups -OCH3 is 1. The number of amides is 1. The highest BCUT2D eigenvalue weighted by Gasteiger charge is 2.17. The predicted molar refractivity (Wildman–Crippen MR) is 89.3 cm³/mol. The molecule has 1 aromatic heterocycles. The van der Waals surface area contributed by atoms with E-state index in [0.29, 0.717) is 22.7 Å². The largest absolute Gasteiger partial charge is 0.497 e. The summed E-state index contributed by atoms with van der Waals surface area (Å²) in [5, 5.41) is 7.56. The lowest BCUT2D eigenvalue weighted by atomic mass is 10.2. The fourth-order valence-corrected chi connectivity index (χ4v) is 2.38. The van der Waals surface area contributed by atoms with Gasteiger partial charge in [-0.3, -0.25) is 4.79 Å². The van der Waals surface area contributed by atoms with Crippen LogP contribution >= 0.6 is 0 Å². The van der Waals surface area contributed by atoms with Gasteiger partial charge in [0.05, 0.1) is 18.2 Å². The van der Waals surface area contributed by atoms with E-state index in [0.717, 1.165) is 11.1 Å². The van der Waals surface area contributed by atoms with E-state index in [9.17, 15) is 4.79 Å². The fourth-order valence-electron chi connectivity index (χ4n) is 2.38. The molecule has 3 rings (SSSR count). The maximum atomic E-state index is 12.4. The predicted octanol–water partition coefficient (Wildman–Crippen LogP) is 3.15. The van der Waals surface area contributed by atoms with Gasteiger partial charge < -0.3 is 19.5 Å². The number of carbonyl (C=O) groups is 1. The number of ether oxygens (including phenoxy) is 1. The van der Waals surface area contributed by atoms with Gasteiger partial charge in [0.25, 0.3) is 5.91 Å². The zero-order chi connectivity index (χ0) is 16.4. The Morgan fingerprint density at radius 1 is 1.22 bits per heavy atom. The summed E-state index contributed by atoms with van der Waals surface area (Å²) in [5.74, 6) is 0.751. The first-order valence-corrected chi connectivity index (χ1v) is 7.11. The molecule has 0 atom stereocenters. The van der Waals surface area contributed by atoms with Gasteiger partial charge in [0, 0.05) is 19.7 Å². The minimum absolute atomic E-state index is 0.271. The van der Waals surface area contributed by atoms with E-state index in [-0.39, 0.29) is 5.91 Å². The molecule has 0 saturated carbocycles. The third-order valence-electron chi connectivity index (χ3n) is 3.52. The second-order valence-electron chi connectivity index (χ2n) is 5.26. The van der Waals surface area contributed by atoms with Crippen LogP contribution in [0.15, 0.2) is 47.0 Å². The molecule has 0 spiro atoms. The van der Waals surface area contributed by atoms with Gasteiger partial charge in [0.1, 0.15) is 5.75 Å². The number of rotatable bonds is 4. The summed E-state index contributed by atoms with van der Waals surface area (Å²) in [6.45, 7) is 0. The summed E-state index contributed by atoms with van der Waals surface area (Å²) in [6, 6.07) is 12.6. The van der Waals surface area contributed by atoms with Crippen molar-refractivity contribution in [1.29, 1.82) is 0 Å². The zero-order valence-electron chi connectivity index (χ0n) is 13.2. The van der Waals surface area contributed by atoms with Crippen LogP contribution < -0.4 is 15.0 Å². The summed E-state index contributed by atoms with van der Waals surface area (Å²) in [5.41, 5.74) is 2.03. The number of hydrogen-bond donors (Lipinski definition) is 1. The molecule has 0 aliphatic heterocycles. The highest BCUT2D eigenvalue weighted by atomic mass is 16.5. The van der Waals surface area contributed by atoms with Gasteiger partial charge in [-0.05, 0) is 30.3 Å². The molecule has 0 unspecified atom stereocenters. The van der Waals surface area contributed by atoms with Crippen molar-refractivity contribution >= 4 is 28.4 Å². The first kappa shape index (κ1) is 14.9. The Morgan fingerprint density at radius 3 is 2.74 bits per heavy atom. The molecule has 0 radical (unpaired) electrons. The fraction of sp³-hybridized carbons (Fsp3) is 0.176. The molecular formula is C17H17N3O3. The molecule has 0 aliphatic carbocycles. The molecule has 118 valence electrons. The van der Waals surface area contributed by atoms with Crippen molar-refractivity contribution in [3.8, 4) is 5.75 Å². The molecule has 2 aromatic carbocycles. The summed E-state index contributed by atoms with van der Waals surface area (Å²) >= 11 is 0. The van der Waals surface area contributed by atoms with Crippen LogP contribution in [0.2, 0.25) is 0 Å². The van der Waals surface area contributed by atoms with E-state index < -0.39 is 0 Å². The molecule has 1 N–H and O–H groups in total. The second-order valence-corrected chi connectivity index (χ2v) is 5.26. The second kappa shape index (κ2) is 6.00. The molecule has 0 saturated heterocycles. The van der Waals surface area contributed by atoms with Crippen LogP contribution in [0.3, 0.4) is 0 Å². The quantitative estimate of drug-likeness (QED) is 0.801. The molecule has 6 nitrogen and oxygen atoms in total. The molecule has 0 fully saturated rings. The summed E-state index contributed by atoms with van der Waals surface area (Å²) in [7, 11) is 5.41. The molecule has 1 amide bonds. The molecule has 1 heterocycles. The number of aromatic nitrogens is 1. The maximum Gasteiger partial charge on any atom is 0.257 e. The van der Waals surface area contributed by atoms with E-state index in [4.69, 9.17) is 9.26 Å². The number of benzene rings is 2. The van der Waals surface area contributed by atoms with Crippen LogP contribution in [-0.2, 0) is 0 Å². The van der Waals surface area contributed by atoms with Gasteiger partial charge in [-0.1, -0.05) is 17.3 Å². The first-order valence-electron chi connectivity index (χ1n) is 7.11. The Labute approximate surface area is 133 Å². The smallest absolute Gasteiger partial charge is 0.257 e. The van der Waals surface area contributed by atoms with Crippen molar-refractivity contribution in [2.24, 2.45) is 0 Å². The van der Waals surface area contributed by atoms with Gasteiger partial charge in [0.15, 0.2) is 11.4 Å². The Bertz CT molecular complexity index is 855. The van der Waals surface area contributed by atoms with Gasteiger partial charge in [-0.15, -0.1) is 0 Å². The Kier molecular flexibility index (Phi) is 3.89. The molecular weight excluding hydrogens is 294 g/mol. The van der Waals surface area contributed by atoms with Crippen molar-refractivity contribution < 1.29 is 14.1 Å². The SMILES string of the molecule is COc1cccc(C(=O)Nc2noc3cccc(N(C)C)c23)c1. The highest BCUT2D eigenvalue weighted by molar-refractivity contribution is 6.10. The van der Waals surface area contributed by atoms with Crippen LogP contribution in [-0.4, -0.2) is 32.3 Å². The number of nitrogens with zero attached hydrogens (tertiary/aromatic N) is 2. The monoisotopic (exact) mass is 311 g/mol. The van der Waals surface area contributed by atoms with Gasteiger partial charge in [-0.2, -0.15) is 0 Å². The third kappa shape index (κ3) is 2.83. The zero-order valence-corrected chi connectivity index (χ0v) is 13.2. The van der Waals surface area contributed by atoms with Crippen LogP contribution in [0.1, 0.15) is 10.4 Å². The number of carbonyl (C=O) groups excluding carboxylic acids is 1. The van der Waals surface area contributed by atoms with E-state index >= 15 is 0 Å². The van der Waals surface area contributed by atoms with Crippen molar-refractivity contribution in [2.75, 3.05) is 31.4 Å². The van der Waals surface area contributed by atoms with Gasteiger partial charge in [0.2, 0.25) is 0 Å². The average Bonchev–Trinajstić information content (AvgIpc) is 2.97. The number of anilines is 2. The Hall–Kier alpha value is -3.02. The summed E-state index contributed by atoms with van der Waals surface area (Å²) in [6.07, 6.45) is 0. The summed E-state index contributed by atoms with van der Waals surface area (Å²) in [4.78, 5) is 14.4. The molecule has 0 aliphatic rings. The van der Waals surface area contributed by atoms with E-state index in [1.807, 2.05) is 37.2 Å². The van der Waals surface area contributed by atoms with Crippen molar-refractivity contribution in [2.45, 2.75) is 0 Å². The number of nitrogens with one attached hydrogen (secondary N) is 1. The van der Waals surface area contributed by atoms with E-state index in [1.165, 1.54) is 0 Å². The Balaban J connectivity index is 1.96. The van der Waals surface area contributed by atoms with Crippen LogP contribution in [0.25, 0.3) is 11.0 Å². The third-order valence-corrected chi connectivity index (χ3v) is 3.52. The van der Waals surface area contributed by atoms with E-state index in [1.54, 1.807) is 31.4 Å². The minimum atomic E-state index is -0.271. The van der Waals surface area contributed by atoms with Crippen LogP contribution in [0.5, 0.6) is 5.75 Å². The molecule has 23 heavy (non-hydrogen) atoms. The normalized spacial score (nSPS) is 10.6. The maximum absolute atomic E-state index is 12.4. The van der Waals surface area contributed by atoms with E-state index in [2.05, 4.69) is 10.5 Å². The van der Waals surface area contributed by atoms with Crippen molar-refractivity contribution in [3.63, 3.8) is 0 Å². The Morgan fingerprint density at radius 2 is 2.00 bits per heavy atom. The molecule has 6 heteroatoms. The lowest BCUT2D eigenvalue weighted by Crippen LogP contribution is -2.14. The minimum Gasteiger partial charge on any atom is -0.497 e. The number of fused-ring (bicyclic) bond motifs is 1.